The van der Waals surface area contributed by atoms with Gasteiger partial charge in [0, 0.05) is 12.0 Å². The molecule has 1 aliphatic carbocycles. The lowest BCUT2D eigenvalue weighted by molar-refractivity contribution is -0.125. The minimum Gasteiger partial charge on any atom is -0.393 e. The molecular formula is C11H21NO2. The zero-order valence-corrected chi connectivity index (χ0v) is 9.12. The maximum atomic E-state index is 11.6. The smallest absolute Gasteiger partial charge is 0.223 e. The van der Waals surface area contributed by atoms with Crippen LogP contribution in [-0.4, -0.2) is 23.2 Å². The highest BCUT2D eigenvalue weighted by Crippen LogP contribution is 2.18. The topological polar surface area (TPSA) is 49.3 Å². The Labute approximate surface area is 85.9 Å². The van der Waals surface area contributed by atoms with E-state index < -0.39 is 0 Å². The molecule has 14 heavy (non-hydrogen) atoms. The summed E-state index contributed by atoms with van der Waals surface area (Å²) >= 11 is 0. The van der Waals surface area contributed by atoms with Gasteiger partial charge in [0.15, 0.2) is 0 Å². The Morgan fingerprint density at radius 3 is 2.50 bits per heavy atom. The van der Waals surface area contributed by atoms with Crippen molar-refractivity contribution in [2.24, 2.45) is 5.92 Å². The molecule has 0 aromatic heterocycles. The number of hydrogen-bond acceptors (Lipinski definition) is 2. The molecule has 1 aliphatic rings. The molecule has 0 saturated heterocycles. The number of rotatable bonds is 3. The molecule has 1 rings (SSSR count). The minimum atomic E-state index is -0.147. The summed E-state index contributed by atoms with van der Waals surface area (Å²) in [6.45, 7) is 3.97. The van der Waals surface area contributed by atoms with Gasteiger partial charge < -0.3 is 10.4 Å². The van der Waals surface area contributed by atoms with Crippen molar-refractivity contribution in [3.05, 3.63) is 0 Å². The molecule has 0 heterocycles. The van der Waals surface area contributed by atoms with Crippen LogP contribution in [0.25, 0.3) is 0 Å². The lowest BCUT2D eigenvalue weighted by atomic mass is 9.92. The fraction of sp³-hybridized carbons (Fsp3) is 0.909. The number of carbonyl (C=O) groups excluding carboxylic acids is 1. The maximum Gasteiger partial charge on any atom is 0.223 e. The van der Waals surface area contributed by atoms with E-state index in [1.54, 1.807) is 0 Å². The fourth-order valence-electron chi connectivity index (χ4n) is 1.75. The quantitative estimate of drug-likeness (QED) is 0.723. The van der Waals surface area contributed by atoms with Crippen LogP contribution in [0.2, 0.25) is 0 Å². The van der Waals surface area contributed by atoms with E-state index in [-0.39, 0.29) is 17.9 Å². The van der Waals surface area contributed by atoms with Gasteiger partial charge in [-0.25, -0.2) is 0 Å². The Bertz CT molecular complexity index is 186. The van der Waals surface area contributed by atoms with Crippen LogP contribution < -0.4 is 5.32 Å². The van der Waals surface area contributed by atoms with Crippen molar-refractivity contribution in [2.75, 3.05) is 0 Å². The molecule has 3 nitrogen and oxygen atoms in total. The fourth-order valence-corrected chi connectivity index (χ4v) is 1.75. The van der Waals surface area contributed by atoms with Crippen molar-refractivity contribution < 1.29 is 9.90 Å². The van der Waals surface area contributed by atoms with Crippen LogP contribution in [0.3, 0.4) is 0 Å². The molecule has 2 N–H and O–H groups in total. The van der Waals surface area contributed by atoms with Gasteiger partial charge in [0.05, 0.1) is 6.10 Å². The monoisotopic (exact) mass is 199 g/mol. The van der Waals surface area contributed by atoms with Crippen LogP contribution in [-0.2, 0) is 4.79 Å². The second kappa shape index (κ2) is 5.35. The lowest BCUT2D eigenvalue weighted by Crippen LogP contribution is -2.40. The second-order valence-corrected chi connectivity index (χ2v) is 4.32. The SMILES string of the molecule is CCC(C)C(=O)NC1CCC(O)CC1. The molecule has 1 atom stereocenters. The van der Waals surface area contributed by atoms with Crippen molar-refractivity contribution >= 4 is 5.91 Å². The van der Waals surface area contributed by atoms with Crippen LogP contribution >= 0.6 is 0 Å². The summed E-state index contributed by atoms with van der Waals surface area (Å²) in [5.41, 5.74) is 0. The molecule has 0 spiro atoms. The summed E-state index contributed by atoms with van der Waals surface area (Å²) < 4.78 is 0. The maximum absolute atomic E-state index is 11.6. The Morgan fingerprint density at radius 2 is 2.00 bits per heavy atom. The molecule has 0 bridgehead atoms. The molecule has 1 amide bonds. The molecule has 1 fully saturated rings. The van der Waals surface area contributed by atoms with Gasteiger partial charge >= 0.3 is 0 Å². The number of amides is 1. The van der Waals surface area contributed by atoms with Crippen molar-refractivity contribution in [3.63, 3.8) is 0 Å². The first kappa shape index (κ1) is 11.5. The predicted octanol–water partition coefficient (Wildman–Crippen LogP) is 1.45. The summed E-state index contributed by atoms with van der Waals surface area (Å²) in [7, 11) is 0. The van der Waals surface area contributed by atoms with Gasteiger partial charge in [-0.05, 0) is 32.1 Å². The van der Waals surface area contributed by atoms with E-state index in [2.05, 4.69) is 5.32 Å². The van der Waals surface area contributed by atoms with E-state index in [4.69, 9.17) is 0 Å². The number of hydrogen-bond donors (Lipinski definition) is 2. The summed E-state index contributed by atoms with van der Waals surface area (Å²) in [5.74, 6) is 0.274. The first-order chi connectivity index (χ1) is 6.63. The molecule has 0 aromatic rings. The third kappa shape index (κ3) is 3.29. The van der Waals surface area contributed by atoms with E-state index in [1.165, 1.54) is 0 Å². The Hall–Kier alpha value is -0.570. The van der Waals surface area contributed by atoms with E-state index >= 15 is 0 Å². The van der Waals surface area contributed by atoms with Gasteiger partial charge in [-0.2, -0.15) is 0 Å². The van der Waals surface area contributed by atoms with Crippen molar-refractivity contribution in [2.45, 2.75) is 58.1 Å². The van der Waals surface area contributed by atoms with Crippen LogP contribution in [0.4, 0.5) is 0 Å². The number of carbonyl (C=O) groups is 1. The van der Waals surface area contributed by atoms with E-state index in [0.717, 1.165) is 32.1 Å². The van der Waals surface area contributed by atoms with Crippen molar-refractivity contribution in [1.82, 2.24) is 5.32 Å². The van der Waals surface area contributed by atoms with E-state index in [0.29, 0.717) is 6.04 Å². The van der Waals surface area contributed by atoms with E-state index in [1.807, 2.05) is 13.8 Å². The van der Waals surface area contributed by atoms with Crippen LogP contribution in [0.5, 0.6) is 0 Å². The molecule has 82 valence electrons. The third-order valence-corrected chi connectivity index (χ3v) is 3.10. The highest BCUT2D eigenvalue weighted by molar-refractivity contribution is 5.78. The number of nitrogens with one attached hydrogen (secondary N) is 1. The first-order valence-electron chi connectivity index (χ1n) is 5.62. The highest BCUT2D eigenvalue weighted by Gasteiger charge is 2.22. The van der Waals surface area contributed by atoms with Gasteiger partial charge in [-0.15, -0.1) is 0 Å². The van der Waals surface area contributed by atoms with Gasteiger partial charge in [0.2, 0.25) is 5.91 Å². The zero-order chi connectivity index (χ0) is 10.6. The van der Waals surface area contributed by atoms with Crippen molar-refractivity contribution in [1.29, 1.82) is 0 Å². The third-order valence-electron chi connectivity index (χ3n) is 3.10. The van der Waals surface area contributed by atoms with Gasteiger partial charge in [-0.3, -0.25) is 4.79 Å². The van der Waals surface area contributed by atoms with Gasteiger partial charge in [-0.1, -0.05) is 13.8 Å². The summed E-state index contributed by atoms with van der Waals surface area (Å²) in [6, 6.07) is 0.292. The summed E-state index contributed by atoms with van der Waals surface area (Å²) in [4.78, 5) is 11.6. The standard InChI is InChI=1S/C11H21NO2/c1-3-8(2)11(14)12-9-4-6-10(13)7-5-9/h8-10,13H,3-7H2,1-2H3,(H,12,14). The molecule has 0 radical (unpaired) electrons. The largest absolute Gasteiger partial charge is 0.393 e. The number of aliphatic hydroxyl groups is 1. The first-order valence-corrected chi connectivity index (χ1v) is 5.62. The normalized spacial score (nSPS) is 29.6. The van der Waals surface area contributed by atoms with Gasteiger partial charge in [0.1, 0.15) is 0 Å². The Morgan fingerprint density at radius 1 is 1.43 bits per heavy atom. The highest BCUT2D eigenvalue weighted by atomic mass is 16.3. The Kier molecular flexibility index (Phi) is 4.39. The molecule has 1 saturated carbocycles. The second-order valence-electron chi connectivity index (χ2n) is 4.32. The molecule has 1 unspecified atom stereocenters. The zero-order valence-electron chi connectivity index (χ0n) is 9.12. The average molecular weight is 199 g/mol. The predicted molar refractivity (Wildman–Crippen MR) is 55.9 cm³/mol. The van der Waals surface area contributed by atoms with E-state index in [9.17, 15) is 9.90 Å². The minimum absolute atomic E-state index is 0.113. The molecule has 3 heteroatoms. The summed E-state index contributed by atoms with van der Waals surface area (Å²) in [6.07, 6.45) is 4.23. The van der Waals surface area contributed by atoms with Crippen LogP contribution in [0.15, 0.2) is 0 Å². The van der Waals surface area contributed by atoms with Crippen LogP contribution in [0, 0.1) is 5.92 Å². The molecule has 0 aliphatic heterocycles. The average Bonchev–Trinajstić information content (AvgIpc) is 2.20. The Balaban J connectivity index is 2.27. The lowest BCUT2D eigenvalue weighted by Gasteiger charge is -2.27. The molecular weight excluding hydrogens is 178 g/mol. The summed E-state index contributed by atoms with van der Waals surface area (Å²) in [5, 5.41) is 12.3. The molecule has 0 aromatic carbocycles. The van der Waals surface area contributed by atoms with Crippen molar-refractivity contribution in [3.8, 4) is 0 Å². The van der Waals surface area contributed by atoms with Crippen LogP contribution in [0.1, 0.15) is 46.0 Å². The van der Waals surface area contributed by atoms with Gasteiger partial charge in [0.25, 0.3) is 0 Å². The number of aliphatic hydroxyl groups excluding tert-OH is 1.